The number of methoxy groups -OCH3 is 1. The molecule has 0 saturated heterocycles. The zero-order chi connectivity index (χ0) is 18.9. The van der Waals surface area contributed by atoms with Crippen LogP contribution in [0.5, 0.6) is 0 Å². The van der Waals surface area contributed by atoms with Crippen molar-refractivity contribution in [2.45, 2.75) is 11.1 Å². The molecule has 26 heavy (non-hydrogen) atoms. The summed E-state index contributed by atoms with van der Waals surface area (Å²) < 4.78 is 42.5. The average molecular weight is 379 g/mol. The van der Waals surface area contributed by atoms with Crippen LogP contribution >= 0.6 is 11.8 Å². The molecule has 0 spiro atoms. The molecular formula is C18H12F3NO3S. The molecule has 1 amide bonds. The van der Waals surface area contributed by atoms with Crippen molar-refractivity contribution >= 4 is 35.4 Å². The fraction of sp³-hybridized carbons (Fsp3) is 0.111. The molecule has 0 radical (unpaired) electrons. The number of alkyl halides is 3. The Labute approximate surface area is 151 Å². The molecule has 2 aromatic rings. The summed E-state index contributed by atoms with van der Waals surface area (Å²) in [6.45, 7) is 0. The van der Waals surface area contributed by atoms with E-state index in [4.69, 9.17) is 0 Å². The van der Waals surface area contributed by atoms with E-state index < -0.39 is 23.6 Å². The van der Waals surface area contributed by atoms with E-state index in [1.165, 1.54) is 43.1 Å². The highest BCUT2D eigenvalue weighted by atomic mass is 32.2. The van der Waals surface area contributed by atoms with Crippen molar-refractivity contribution in [3.05, 3.63) is 64.1 Å². The zero-order valence-electron chi connectivity index (χ0n) is 13.4. The molecule has 3 rings (SSSR count). The Morgan fingerprint density at radius 1 is 1.15 bits per heavy atom. The van der Waals surface area contributed by atoms with Gasteiger partial charge in [0.15, 0.2) is 0 Å². The number of carbonyl (C=O) groups is 2. The van der Waals surface area contributed by atoms with Gasteiger partial charge in [0.25, 0.3) is 5.91 Å². The lowest BCUT2D eigenvalue weighted by atomic mass is 10.1. The molecule has 2 aromatic carbocycles. The second-order valence-electron chi connectivity index (χ2n) is 5.39. The van der Waals surface area contributed by atoms with Crippen LogP contribution in [0.15, 0.2) is 52.3 Å². The van der Waals surface area contributed by atoms with Crippen molar-refractivity contribution in [3.63, 3.8) is 0 Å². The van der Waals surface area contributed by atoms with Crippen molar-refractivity contribution in [3.8, 4) is 0 Å². The maximum Gasteiger partial charge on any atom is 0.416 e. The maximum atomic E-state index is 12.6. The lowest BCUT2D eigenvalue weighted by molar-refractivity contribution is -0.137. The summed E-state index contributed by atoms with van der Waals surface area (Å²) >= 11 is 1.17. The quantitative estimate of drug-likeness (QED) is 0.613. The molecule has 1 N–H and O–H groups in total. The molecule has 0 aliphatic carbocycles. The Hall–Kier alpha value is -2.74. The summed E-state index contributed by atoms with van der Waals surface area (Å²) in [7, 11) is 1.26. The third kappa shape index (κ3) is 3.75. The van der Waals surface area contributed by atoms with Gasteiger partial charge in [-0.2, -0.15) is 13.2 Å². The van der Waals surface area contributed by atoms with Gasteiger partial charge in [-0.3, -0.25) is 4.79 Å². The highest BCUT2D eigenvalue weighted by Gasteiger charge is 2.30. The number of hydrogen-bond donors (Lipinski definition) is 1. The van der Waals surface area contributed by atoms with Crippen LogP contribution in [0.4, 0.5) is 18.9 Å². The van der Waals surface area contributed by atoms with Gasteiger partial charge in [-0.1, -0.05) is 23.9 Å². The zero-order valence-corrected chi connectivity index (χ0v) is 14.2. The Kier molecular flexibility index (Phi) is 4.78. The highest BCUT2D eigenvalue weighted by molar-refractivity contribution is 8.04. The minimum atomic E-state index is -4.40. The van der Waals surface area contributed by atoms with Gasteiger partial charge < -0.3 is 10.1 Å². The number of hydrogen-bond acceptors (Lipinski definition) is 4. The van der Waals surface area contributed by atoms with Crippen LogP contribution in [0.2, 0.25) is 0 Å². The number of rotatable bonds is 2. The van der Waals surface area contributed by atoms with E-state index >= 15 is 0 Å². The van der Waals surface area contributed by atoms with Gasteiger partial charge in [0.1, 0.15) is 0 Å². The SMILES string of the molecule is COC(=O)c1ccc2c(c1)NC(=O)/C(=C\c1ccc(C(F)(F)F)cc1)S2. The smallest absolute Gasteiger partial charge is 0.416 e. The summed E-state index contributed by atoms with van der Waals surface area (Å²) in [6, 6.07) is 9.31. The van der Waals surface area contributed by atoms with E-state index in [1.807, 2.05) is 0 Å². The van der Waals surface area contributed by atoms with Crippen LogP contribution in [0.3, 0.4) is 0 Å². The topological polar surface area (TPSA) is 55.4 Å². The monoisotopic (exact) mass is 379 g/mol. The van der Waals surface area contributed by atoms with E-state index in [1.54, 1.807) is 12.1 Å². The standard InChI is InChI=1S/C18H12F3NO3S/c1-25-17(24)11-4-7-14-13(9-11)22-16(23)15(26-14)8-10-2-5-12(6-3-10)18(19,20)21/h2-9H,1H3,(H,22,23)/b15-8+. The molecule has 0 saturated carbocycles. The highest BCUT2D eigenvalue weighted by Crippen LogP contribution is 2.39. The molecule has 4 nitrogen and oxygen atoms in total. The van der Waals surface area contributed by atoms with E-state index in [-0.39, 0.29) is 0 Å². The van der Waals surface area contributed by atoms with Gasteiger partial charge in [-0.05, 0) is 42.0 Å². The van der Waals surface area contributed by atoms with Crippen LogP contribution in [0.25, 0.3) is 6.08 Å². The van der Waals surface area contributed by atoms with Crippen LogP contribution < -0.4 is 5.32 Å². The molecule has 1 aliphatic heterocycles. The Balaban J connectivity index is 1.86. The number of benzene rings is 2. The Morgan fingerprint density at radius 2 is 1.85 bits per heavy atom. The first-order valence-electron chi connectivity index (χ1n) is 7.38. The van der Waals surface area contributed by atoms with Crippen LogP contribution in [-0.2, 0) is 15.7 Å². The maximum absolute atomic E-state index is 12.6. The predicted molar refractivity (Wildman–Crippen MR) is 91.7 cm³/mol. The largest absolute Gasteiger partial charge is 0.465 e. The van der Waals surface area contributed by atoms with Crippen molar-refractivity contribution in [2.24, 2.45) is 0 Å². The first kappa shape index (κ1) is 18.1. The Bertz CT molecular complexity index is 905. The fourth-order valence-corrected chi connectivity index (χ4v) is 3.26. The molecular weight excluding hydrogens is 367 g/mol. The van der Waals surface area contributed by atoms with Crippen LogP contribution in [-0.4, -0.2) is 19.0 Å². The molecule has 134 valence electrons. The third-order valence-corrected chi connectivity index (χ3v) is 4.73. The minimum Gasteiger partial charge on any atom is -0.465 e. The fourth-order valence-electron chi connectivity index (χ4n) is 2.32. The molecule has 0 fully saturated rings. The number of ether oxygens (including phenoxy) is 1. The molecule has 1 heterocycles. The van der Waals surface area contributed by atoms with Gasteiger partial charge in [0.05, 0.1) is 28.8 Å². The number of nitrogens with one attached hydrogen (secondary N) is 1. The molecule has 1 aliphatic rings. The number of anilines is 1. The minimum absolute atomic E-state index is 0.308. The van der Waals surface area contributed by atoms with E-state index in [2.05, 4.69) is 10.1 Å². The summed E-state index contributed by atoms with van der Waals surface area (Å²) in [5.74, 6) is -0.914. The van der Waals surface area contributed by atoms with Gasteiger partial charge in [-0.25, -0.2) is 4.79 Å². The predicted octanol–water partition coefficient (Wildman–Crippen LogP) is 4.58. The van der Waals surface area contributed by atoms with E-state index in [9.17, 15) is 22.8 Å². The van der Waals surface area contributed by atoms with Crippen molar-refractivity contribution in [2.75, 3.05) is 12.4 Å². The molecule has 8 heteroatoms. The molecule has 0 bridgehead atoms. The lowest BCUT2D eigenvalue weighted by Crippen LogP contribution is -2.18. The molecule has 0 atom stereocenters. The van der Waals surface area contributed by atoms with Gasteiger partial charge in [0.2, 0.25) is 0 Å². The third-order valence-electron chi connectivity index (χ3n) is 3.63. The number of esters is 1. The van der Waals surface area contributed by atoms with E-state index in [0.29, 0.717) is 21.7 Å². The molecule has 0 unspecified atom stereocenters. The first-order chi connectivity index (χ1) is 12.3. The second kappa shape index (κ2) is 6.87. The number of carbonyl (C=O) groups excluding carboxylic acids is 2. The van der Waals surface area contributed by atoms with Crippen molar-refractivity contribution in [1.29, 1.82) is 0 Å². The number of halogens is 3. The van der Waals surface area contributed by atoms with Crippen LogP contribution in [0, 0.1) is 0 Å². The van der Waals surface area contributed by atoms with Crippen LogP contribution in [0.1, 0.15) is 21.5 Å². The van der Waals surface area contributed by atoms with Gasteiger partial charge >= 0.3 is 12.1 Å². The summed E-state index contributed by atoms with van der Waals surface area (Å²) in [6.07, 6.45) is -2.89. The summed E-state index contributed by atoms with van der Waals surface area (Å²) in [5, 5.41) is 2.67. The first-order valence-corrected chi connectivity index (χ1v) is 8.20. The van der Waals surface area contributed by atoms with Crippen molar-refractivity contribution < 1.29 is 27.5 Å². The van der Waals surface area contributed by atoms with Crippen molar-refractivity contribution in [1.82, 2.24) is 0 Å². The average Bonchev–Trinajstić information content (AvgIpc) is 2.61. The number of amides is 1. The summed E-state index contributed by atoms with van der Waals surface area (Å²) in [5.41, 5.74) is 0.515. The normalized spacial score (nSPS) is 15.4. The van der Waals surface area contributed by atoms with E-state index in [0.717, 1.165) is 17.0 Å². The number of thioether (sulfide) groups is 1. The van der Waals surface area contributed by atoms with Gasteiger partial charge in [-0.15, -0.1) is 0 Å². The molecule has 0 aromatic heterocycles. The number of fused-ring (bicyclic) bond motifs is 1. The van der Waals surface area contributed by atoms with Gasteiger partial charge in [0, 0.05) is 4.90 Å². The lowest BCUT2D eigenvalue weighted by Gasteiger charge is -2.19. The summed E-state index contributed by atoms with van der Waals surface area (Å²) in [4.78, 5) is 24.8. The Morgan fingerprint density at radius 3 is 2.46 bits per heavy atom. The second-order valence-corrected chi connectivity index (χ2v) is 6.47.